The van der Waals surface area contributed by atoms with Crippen molar-refractivity contribution in [1.82, 2.24) is 0 Å². The highest BCUT2D eigenvalue weighted by atomic mass is 31.7. The fourth-order valence-corrected chi connectivity index (χ4v) is 27.1. The Balaban J connectivity index is 3.88. The molecule has 1 aromatic carbocycles. The molecule has 0 saturated carbocycles. The summed E-state index contributed by atoms with van der Waals surface area (Å²) < 4.78 is 0. The lowest BCUT2D eigenvalue weighted by molar-refractivity contribution is 0.554. The summed E-state index contributed by atoms with van der Waals surface area (Å²) in [6, 6.07) is 5.07. The van der Waals surface area contributed by atoms with E-state index in [0.717, 1.165) is 4.91 Å². The van der Waals surface area contributed by atoms with Gasteiger partial charge in [0.15, 0.2) is 0 Å². The number of benzene rings is 1. The van der Waals surface area contributed by atoms with E-state index in [2.05, 4.69) is 114 Å². The summed E-state index contributed by atoms with van der Waals surface area (Å²) in [5, 5.41) is 1.61. The zero-order chi connectivity index (χ0) is 23.2. The molecule has 0 bridgehead atoms. The van der Waals surface area contributed by atoms with Crippen LogP contribution in [0.25, 0.3) is 0 Å². The molecule has 0 amide bonds. The highest BCUT2D eigenvalue weighted by molar-refractivity contribution is 7.90. The first-order valence-corrected chi connectivity index (χ1v) is 20.9. The van der Waals surface area contributed by atoms with Crippen molar-refractivity contribution in [3.05, 3.63) is 28.8 Å². The van der Waals surface area contributed by atoms with Crippen LogP contribution < -0.4 is 5.30 Å². The molecule has 0 aliphatic rings. The Labute approximate surface area is 188 Å². The SMILES string of the molecule is CC(C)(C)c1cc(C(C)(C)C)c(P=PC([Si](C)(C)C)[Si](C)(C)C)c(C(C)(C)C)c1. The normalized spacial score (nSPS) is 14.9. The maximum absolute atomic E-state index is 2.58. The van der Waals surface area contributed by atoms with Crippen LogP contribution in [0.4, 0.5) is 0 Å². The average molecular weight is 467 g/mol. The molecule has 0 saturated heterocycles. The molecule has 4 heteroatoms. The number of hydrogen-bond acceptors (Lipinski definition) is 0. The van der Waals surface area contributed by atoms with Gasteiger partial charge in [0, 0.05) is 5.30 Å². The van der Waals surface area contributed by atoms with Crippen LogP contribution in [0.2, 0.25) is 39.3 Å². The maximum Gasteiger partial charge on any atom is 0.0540 e. The van der Waals surface area contributed by atoms with Gasteiger partial charge >= 0.3 is 0 Å². The molecule has 0 spiro atoms. The van der Waals surface area contributed by atoms with Crippen molar-refractivity contribution < 1.29 is 0 Å². The summed E-state index contributed by atoms with van der Waals surface area (Å²) in [6.07, 6.45) is 0. The van der Waals surface area contributed by atoms with E-state index in [1.165, 1.54) is 13.4 Å². The van der Waals surface area contributed by atoms with E-state index in [4.69, 9.17) is 0 Å². The third-order valence-electron chi connectivity index (χ3n) is 5.51. The minimum atomic E-state index is -1.20. The van der Waals surface area contributed by atoms with Crippen LogP contribution in [0.1, 0.15) is 79.0 Å². The Kier molecular flexibility index (Phi) is 8.14. The Morgan fingerprint density at radius 3 is 1.21 bits per heavy atom. The van der Waals surface area contributed by atoms with E-state index in [1.807, 2.05) is 0 Å². The highest BCUT2D eigenvalue weighted by Crippen LogP contribution is 2.40. The van der Waals surface area contributed by atoms with Gasteiger partial charge in [-0.15, -0.1) is 0 Å². The van der Waals surface area contributed by atoms with Crippen molar-refractivity contribution in [2.24, 2.45) is 0 Å². The fourth-order valence-electron chi connectivity index (χ4n) is 4.08. The van der Waals surface area contributed by atoms with Gasteiger partial charge < -0.3 is 0 Å². The first-order chi connectivity index (χ1) is 12.6. The van der Waals surface area contributed by atoms with Crippen LogP contribution in [-0.4, -0.2) is 21.1 Å². The molecule has 0 atom stereocenters. The van der Waals surface area contributed by atoms with Crippen molar-refractivity contribution in [3.63, 3.8) is 0 Å². The van der Waals surface area contributed by atoms with Gasteiger partial charge in [0.1, 0.15) is 0 Å². The summed E-state index contributed by atoms with van der Waals surface area (Å²) in [7, 11) is 0.768. The quantitative estimate of drug-likeness (QED) is 0.306. The first-order valence-electron chi connectivity index (χ1n) is 11.2. The van der Waals surface area contributed by atoms with Crippen molar-refractivity contribution >= 4 is 37.2 Å². The second-order valence-corrected chi connectivity index (χ2v) is 28.9. The molecule has 0 heterocycles. The van der Waals surface area contributed by atoms with E-state index in [0.29, 0.717) is 0 Å². The van der Waals surface area contributed by atoms with Crippen molar-refractivity contribution in [1.29, 1.82) is 0 Å². The topological polar surface area (TPSA) is 0 Å². The Bertz CT molecular complexity index is 694. The monoisotopic (exact) mass is 466 g/mol. The molecule has 0 N–H and O–H groups in total. The summed E-state index contributed by atoms with van der Waals surface area (Å²) >= 11 is 0. The Hall–Kier alpha value is 0.254. The van der Waals surface area contributed by atoms with Gasteiger partial charge in [0.05, 0.1) is 16.1 Å². The molecule has 166 valence electrons. The summed E-state index contributed by atoms with van der Waals surface area (Å²) in [5.41, 5.74) is 5.10. The molecule has 0 unspecified atom stereocenters. The largest absolute Gasteiger partial charge is 0.0735 e. The molecule has 1 aromatic rings. The smallest absolute Gasteiger partial charge is 0.0540 e. The molecular weight excluding hydrogens is 418 g/mol. The zero-order valence-electron chi connectivity index (χ0n) is 22.1. The van der Waals surface area contributed by atoms with Gasteiger partial charge in [-0.2, -0.15) is 0 Å². The second-order valence-electron chi connectivity index (χ2n) is 14.0. The minimum Gasteiger partial charge on any atom is -0.0735 e. The molecule has 0 aliphatic heterocycles. The standard InChI is InChI=1S/C25H48P2Si2/c1-23(2,3)18-16-19(24(4,5)6)21(20(17-18)25(7,8)9)26-27-22(28(10,11)12)29(13,14)15/h16-17,22H,1-15H3. The van der Waals surface area contributed by atoms with Gasteiger partial charge in [-0.1, -0.05) is 122 Å². The third-order valence-corrected chi connectivity index (χ3v) is 23.4. The van der Waals surface area contributed by atoms with Gasteiger partial charge in [0.2, 0.25) is 0 Å². The molecule has 0 fully saturated rings. The Morgan fingerprint density at radius 1 is 0.621 bits per heavy atom. The van der Waals surface area contributed by atoms with Gasteiger partial charge in [-0.25, -0.2) is 0 Å². The average Bonchev–Trinajstić information content (AvgIpc) is 2.40. The first kappa shape index (κ1) is 27.3. The van der Waals surface area contributed by atoms with E-state index >= 15 is 0 Å². The van der Waals surface area contributed by atoms with E-state index < -0.39 is 16.1 Å². The van der Waals surface area contributed by atoms with E-state index in [1.54, 1.807) is 24.3 Å². The van der Waals surface area contributed by atoms with Crippen molar-refractivity contribution in [3.8, 4) is 0 Å². The van der Waals surface area contributed by atoms with Gasteiger partial charge in [0.25, 0.3) is 0 Å². The van der Waals surface area contributed by atoms with E-state index in [9.17, 15) is 0 Å². The zero-order valence-corrected chi connectivity index (χ0v) is 25.9. The lowest BCUT2D eigenvalue weighted by Gasteiger charge is -2.36. The number of rotatable bonds is 4. The molecule has 0 aliphatic carbocycles. The molecule has 1 rings (SSSR count). The van der Waals surface area contributed by atoms with Crippen LogP contribution in [0, 0.1) is 0 Å². The molecule has 0 nitrogen and oxygen atoms in total. The maximum atomic E-state index is 2.58. The molecular formula is C25H48P2Si2. The predicted octanol–water partition coefficient (Wildman–Crippen LogP) is 9.14. The van der Waals surface area contributed by atoms with Crippen molar-refractivity contribution in [2.45, 2.75) is 123 Å². The summed E-state index contributed by atoms with van der Waals surface area (Å²) in [4.78, 5) is 0.916. The van der Waals surface area contributed by atoms with Crippen LogP contribution in [0.3, 0.4) is 0 Å². The second kappa shape index (κ2) is 8.65. The van der Waals surface area contributed by atoms with Crippen LogP contribution in [0.5, 0.6) is 0 Å². The third kappa shape index (κ3) is 7.41. The minimum absolute atomic E-state index is 0.160. The fraction of sp³-hybridized carbons (Fsp3) is 0.760. The lowest BCUT2D eigenvalue weighted by Crippen LogP contribution is -2.50. The van der Waals surface area contributed by atoms with E-state index in [-0.39, 0.29) is 16.2 Å². The predicted molar refractivity (Wildman–Crippen MR) is 146 cm³/mol. The van der Waals surface area contributed by atoms with Crippen LogP contribution >= 0.6 is 15.7 Å². The van der Waals surface area contributed by atoms with Crippen molar-refractivity contribution in [2.75, 3.05) is 0 Å². The summed E-state index contributed by atoms with van der Waals surface area (Å²) in [6.45, 7) is 36.9. The molecule has 0 radical (unpaired) electrons. The van der Waals surface area contributed by atoms with Crippen LogP contribution in [-0.2, 0) is 16.2 Å². The highest BCUT2D eigenvalue weighted by Gasteiger charge is 2.37. The van der Waals surface area contributed by atoms with Gasteiger partial charge in [-0.05, 0) is 45.7 Å². The van der Waals surface area contributed by atoms with Gasteiger partial charge in [-0.3, -0.25) is 0 Å². The molecule has 0 aromatic heterocycles. The summed E-state index contributed by atoms with van der Waals surface area (Å²) in [5.74, 6) is 0. The number of hydrogen-bond donors (Lipinski definition) is 0. The van der Waals surface area contributed by atoms with Crippen LogP contribution in [0.15, 0.2) is 12.1 Å². The molecule has 29 heavy (non-hydrogen) atoms. The lowest BCUT2D eigenvalue weighted by atomic mass is 9.75. The Morgan fingerprint density at radius 2 is 0.966 bits per heavy atom.